The van der Waals surface area contributed by atoms with Crippen molar-refractivity contribution < 1.29 is 19.1 Å². The summed E-state index contributed by atoms with van der Waals surface area (Å²) in [5.41, 5.74) is 0.281. The largest absolute Gasteiger partial charge is 0.480 e. The topological polar surface area (TPSA) is 92.2 Å². The summed E-state index contributed by atoms with van der Waals surface area (Å²) in [6.45, 7) is 2.98. The van der Waals surface area contributed by atoms with Gasteiger partial charge < -0.3 is 10.4 Å². The van der Waals surface area contributed by atoms with Crippen LogP contribution in [0.25, 0.3) is 0 Å². The second-order valence-corrected chi connectivity index (χ2v) is 4.70. The van der Waals surface area contributed by atoms with E-state index in [4.69, 9.17) is 5.11 Å². The minimum atomic E-state index is -1.17. The number of carboxylic acid groups (broad SMARTS) is 1. The van der Waals surface area contributed by atoms with Crippen molar-refractivity contribution in [2.75, 3.05) is 5.75 Å². The summed E-state index contributed by atoms with van der Waals surface area (Å²) < 4.78 is 13.8. The van der Waals surface area contributed by atoms with Gasteiger partial charge >= 0.3 is 5.97 Å². The van der Waals surface area contributed by atoms with E-state index in [0.29, 0.717) is 6.42 Å². The van der Waals surface area contributed by atoms with Crippen LogP contribution in [0, 0.1) is 5.82 Å². The zero-order chi connectivity index (χ0) is 14.4. The molecule has 104 valence electrons. The molecule has 0 aromatic carbocycles. The van der Waals surface area contributed by atoms with Crippen molar-refractivity contribution >= 4 is 23.6 Å². The van der Waals surface area contributed by atoms with E-state index < -0.39 is 23.7 Å². The van der Waals surface area contributed by atoms with E-state index in [-0.39, 0.29) is 16.5 Å². The van der Waals surface area contributed by atoms with Crippen molar-refractivity contribution in [3.05, 3.63) is 17.8 Å². The van der Waals surface area contributed by atoms with Gasteiger partial charge in [-0.05, 0) is 6.42 Å². The van der Waals surface area contributed by atoms with Crippen LogP contribution in [0.2, 0.25) is 0 Å². The highest BCUT2D eigenvalue weighted by atomic mass is 32.2. The van der Waals surface area contributed by atoms with Crippen LogP contribution >= 0.6 is 11.8 Å². The Morgan fingerprint density at radius 2 is 2.21 bits per heavy atom. The molecular weight excluding hydrogens is 273 g/mol. The van der Waals surface area contributed by atoms with E-state index in [1.165, 1.54) is 13.3 Å². The molecule has 0 radical (unpaired) electrons. The van der Waals surface area contributed by atoms with Crippen LogP contribution in [-0.2, 0) is 16.0 Å². The van der Waals surface area contributed by atoms with E-state index in [9.17, 15) is 14.0 Å². The smallest absolute Gasteiger partial charge is 0.327 e. The van der Waals surface area contributed by atoms with Crippen molar-refractivity contribution in [1.82, 2.24) is 15.3 Å². The molecule has 19 heavy (non-hydrogen) atoms. The third kappa shape index (κ3) is 4.47. The number of aryl methyl sites for hydroxylation is 1. The van der Waals surface area contributed by atoms with E-state index in [2.05, 4.69) is 15.3 Å². The Labute approximate surface area is 113 Å². The molecule has 1 aromatic heterocycles. The second kappa shape index (κ2) is 7.03. The van der Waals surface area contributed by atoms with E-state index in [0.717, 1.165) is 11.8 Å². The predicted octanol–water partition coefficient (Wildman–Crippen LogP) is 0.859. The molecular formula is C11H14FN3O3S. The Hall–Kier alpha value is -1.70. The number of nitrogens with zero attached hydrogens (tertiary/aromatic N) is 2. The number of halogens is 1. The van der Waals surface area contributed by atoms with Crippen LogP contribution in [0.5, 0.6) is 0 Å². The Kier molecular flexibility index (Phi) is 5.68. The predicted molar refractivity (Wildman–Crippen MR) is 67.3 cm³/mol. The summed E-state index contributed by atoms with van der Waals surface area (Å²) in [4.78, 5) is 29.3. The molecule has 0 saturated heterocycles. The summed E-state index contributed by atoms with van der Waals surface area (Å²) in [6.07, 6.45) is 1.66. The number of nitrogens with one attached hydrogen (secondary N) is 1. The summed E-state index contributed by atoms with van der Waals surface area (Å²) in [6, 6.07) is -1.08. The average Bonchev–Trinajstić information content (AvgIpc) is 2.35. The number of aromatic nitrogens is 2. The van der Waals surface area contributed by atoms with E-state index in [1.54, 1.807) is 6.92 Å². The van der Waals surface area contributed by atoms with Gasteiger partial charge in [0.2, 0.25) is 5.91 Å². The third-order valence-electron chi connectivity index (χ3n) is 2.23. The zero-order valence-electron chi connectivity index (χ0n) is 10.5. The molecule has 2 N–H and O–H groups in total. The standard InChI is InChI=1S/C11H14FN3O3S/c1-3-7-9(12)10(14-5-13-7)19-4-8(11(17)18)15-6(2)16/h5,8H,3-4H2,1-2H3,(H,15,16)(H,17,18)/t8-/m0/s1. The maximum absolute atomic E-state index is 13.8. The Balaban J connectivity index is 2.74. The number of amides is 1. The van der Waals surface area contributed by atoms with Gasteiger partial charge in [-0.25, -0.2) is 19.2 Å². The fourth-order valence-corrected chi connectivity index (χ4v) is 2.23. The van der Waals surface area contributed by atoms with Crippen molar-refractivity contribution in [2.24, 2.45) is 0 Å². The van der Waals surface area contributed by atoms with Crippen LogP contribution < -0.4 is 5.32 Å². The molecule has 1 rings (SSSR count). The number of hydrogen-bond acceptors (Lipinski definition) is 5. The minimum absolute atomic E-state index is 0.00794. The van der Waals surface area contributed by atoms with Crippen molar-refractivity contribution in [3.63, 3.8) is 0 Å². The maximum Gasteiger partial charge on any atom is 0.327 e. The van der Waals surface area contributed by atoms with Crippen molar-refractivity contribution in [1.29, 1.82) is 0 Å². The summed E-state index contributed by atoms with van der Waals surface area (Å²) in [7, 11) is 0. The van der Waals surface area contributed by atoms with Crippen LogP contribution in [0.3, 0.4) is 0 Å². The molecule has 0 spiro atoms. The SMILES string of the molecule is CCc1ncnc(SC[C@H](NC(C)=O)C(=O)O)c1F. The van der Waals surface area contributed by atoms with Crippen molar-refractivity contribution in [3.8, 4) is 0 Å². The molecule has 0 aliphatic rings. The molecule has 1 amide bonds. The number of carboxylic acids is 1. The number of aliphatic carboxylic acids is 1. The number of carbonyl (C=O) groups excluding carboxylic acids is 1. The highest BCUT2D eigenvalue weighted by Crippen LogP contribution is 2.21. The van der Waals surface area contributed by atoms with Crippen molar-refractivity contribution in [2.45, 2.75) is 31.3 Å². The van der Waals surface area contributed by atoms with E-state index in [1.807, 2.05) is 0 Å². The van der Waals surface area contributed by atoms with Crippen LogP contribution in [-0.4, -0.2) is 38.7 Å². The molecule has 1 aromatic rings. The molecule has 8 heteroatoms. The maximum atomic E-state index is 13.8. The van der Waals surface area contributed by atoms with Gasteiger partial charge in [0.15, 0.2) is 5.82 Å². The first-order chi connectivity index (χ1) is 8.95. The number of rotatable bonds is 6. The minimum Gasteiger partial charge on any atom is -0.480 e. The van der Waals surface area contributed by atoms with Gasteiger partial charge in [0, 0.05) is 12.7 Å². The zero-order valence-corrected chi connectivity index (χ0v) is 11.3. The molecule has 0 unspecified atom stereocenters. The number of hydrogen-bond donors (Lipinski definition) is 2. The van der Waals surface area contributed by atoms with Gasteiger partial charge in [-0.1, -0.05) is 6.92 Å². The normalized spacial score (nSPS) is 11.9. The third-order valence-corrected chi connectivity index (χ3v) is 3.28. The first-order valence-corrected chi connectivity index (χ1v) is 6.56. The highest BCUT2D eigenvalue weighted by Gasteiger charge is 2.20. The molecule has 1 atom stereocenters. The van der Waals surface area contributed by atoms with Crippen LogP contribution in [0.15, 0.2) is 11.4 Å². The van der Waals surface area contributed by atoms with Gasteiger partial charge in [0.25, 0.3) is 0 Å². The first kappa shape index (κ1) is 15.4. The second-order valence-electron chi connectivity index (χ2n) is 3.70. The number of carbonyl (C=O) groups is 2. The molecule has 0 aliphatic carbocycles. The Morgan fingerprint density at radius 1 is 1.53 bits per heavy atom. The lowest BCUT2D eigenvalue weighted by Gasteiger charge is -2.12. The van der Waals surface area contributed by atoms with E-state index >= 15 is 0 Å². The lowest BCUT2D eigenvalue weighted by atomic mass is 10.3. The molecule has 1 heterocycles. The monoisotopic (exact) mass is 287 g/mol. The van der Waals surface area contributed by atoms with Gasteiger partial charge in [0.05, 0.1) is 5.69 Å². The lowest BCUT2D eigenvalue weighted by Crippen LogP contribution is -2.41. The van der Waals surface area contributed by atoms with Crippen LogP contribution in [0.1, 0.15) is 19.5 Å². The molecule has 0 bridgehead atoms. The van der Waals surface area contributed by atoms with Gasteiger partial charge in [-0.2, -0.15) is 0 Å². The molecule has 0 aliphatic heterocycles. The highest BCUT2D eigenvalue weighted by molar-refractivity contribution is 7.99. The summed E-state index contributed by atoms with van der Waals surface area (Å²) in [5.74, 6) is -2.17. The average molecular weight is 287 g/mol. The molecule has 0 saturated carbocycles. The molecule has 6 nitrogen and oxygen atoms in total. The van der Waals surface area contributed by atoms with Gasteiger partial charge in [-0.3, -0.25) is 4.79 Å². The summed E-state index contributed by atoms with van der Waals surface area (Å²) >= 11 is 0.933. The number of thioether (sulfide) groups is 1. The fourth-order valence-electron chi connectivity index (χ4n) is 1.32. The van der Waals surface area contributed by atoms with Gasteiger partial charge in [-0.15, -0.1) is 11.8 Å². The lowest BCUT2D eigenvalue weighted by molar-refractivity contribution is -0.140. The first-order valence-electron chi connectivity index (χ1n) is 5.57. The Bertz CT molecular complexity index is 484. The summed E-state index contributed by atoms with van der Waals surface area (Å²) in [5, 5.41) is 11.3. The quantitative estimate of drug-likeness (QED) is 0.595. The fraction of sp³-hybridized carbons (Fsp3) is 0.455. The van der Waals surface area contributed by atoms with Gasteiger partial charge in [0.1, 0.15) is 17.4 Å². The molecule has 0 fully saturated rings. The van der Waals surface area contributed by atoms with Crippen LogP contribution in [0.4, 0.5) is 4.39 Å². The Morgan fingerprint density at radius 3 is 2.74 bits per heavy atom.